The van der Waals surface area contributed by atoms with Crippen LogP contribution in [0.4, 0.5) is 0 Å². The third-order valence-electron chi connectivity index (χ3n) is 2.58. The summed E-state index contributed by atoms with van der Waals surface area (Å²) in [5, 5.41) is 5.07. The van der Waals surface area contributed by atoms with E-state index in [2.05, 4.69) is 4.72 Å². The van der Waals surface area contributed by atoms with E-state index in [9.17, 15) is 8.42 Å². The van der Waals surface area contributed by atoms with Crippen molar-refractivity contribution >= 4 is 10.2 Å². The second kappa shape index (κ2) is 5.26. The molecule has 0 aliphatic heterocycles. The molecule has 102 valence electrons. The molecule has 6 heteroatoms. The molecular weight excluding hydrogens is 252 g/mol. The number of nitrogens with one attached hydrogen (secondary N) is 1. The van der Waals surface area contributed by atoms with Crippen LogP contribution in [0.25, 0.3) is 0 Å². The van der Waals surface area contributed by atoms with Crippen LogP contribution in [-0.2, 0) is 10.2 Å². The van der Waals surface area contributed by atoms with Crippen LogP contribution in [-0.4, -0.2) is 15.5 Å². The molecule has 5 nitrogen and oxygen atoms in total. The predicted molar refractivity (Wildman–Crippen MR) is 71.4 cm³/mol. The van der Waals surface area contributed by atoms with Crippen molar-refractivity contribution in [3.05, 3.63) is 29.8 Å². The van der Waals surface area contributed by atoms with Gasteiger partial charge < -0.3 is 4.74 Å². The van der Waals surface area contributed by atoms with E-state index in [1.54, 1.807) is 19.2 Å². The Morgan fingerprint density at radius 2 is 1.94 bits per heavy atom. The van der Waals surface area contributed by atoms with Crippen LogP contribution in [0.15, 0.2) is 24.3 Å². The minimum absolute atomic E-state index is 0.307. The van der Waals surface area contributed by atoms with E-state index < -0.39 is 16.3 Å². The molecule has 3 N–H and O–H groups in total. The first-order valence-electron chi connectivity index (χ1n) is 5.57. The van der Waals surface area contributed by atoms with Crippen LogP contribution in [0, 0.1) is 5.41 Å². The highest BCUT2D eigenvalue weighted by Crippen LogP contribution is 2.34. The van der Waals surface area contributed by atoms with E-state index in [-0.39, 0.29) is 5.41 Å². The van der Waals surface area contributed by atoms with E-state index in [1.165, 1.54) is 0 Å². The molecular formula is C12H20N2O3S. The molecule has 0 radical (unpaired) electrons. The molecule has 0 aliphatic carbocycles. The zero-order valence-electron chi connectivity index (χ0n) is 11.1. The highest BCUT2D eigenvalue weighted by Gasteiger charge is 2.29. The van der Waals surface area contributed by atoms with Crippen LogP contribution in [0.3, 0.4) is 0 Å². The first-order chi connectivity index (χ1) is 8.13. The summed E-state index contributed by atoms with van der Waals surface area (Å²) in [6.45, 7) is 5.82. The van der Waals surface area contributed by atoms with Crippen molar-refractivity contribution in [1.82, 2.24) is 4.72 Å². The van der Waals surface area contributed by atoms with Gasteiger partial charge in [0.15, 0.2) is 0 Å². The summed E-state index contributed by atoms with van der Waals surface area (Å²) in [4.78, 5) is 0. The van der Waals surface area contributed by atoms with Crippen molar-refractivity contribution in [1.29, 1.82) is 0 Å². The lowest BCUT2D eigenvalue weighted by Crippen LogP contribution is -2.40. The Hall–Kier alpha value is -1.11. The van der Waals surface area contributed by atoms with E-state index in [0.29, 0.717) is 5.75 Å². The maximum atomic E-state index is 11.3. The van der Waals surface area contributed by atoms with Crippen molar-refractivity contribution < 1.29 is 13.2 Å². The van der Waals surface area contributed by atoms with Gasteiger partial charge in [0.25, 0.3) is 10.2 Å². The molecule has 0 fully saturated rings. The Morgan fingerprint density at radius 1 is 1.33 bits per heavy atom. The maximum Gasteiger partial charge on any atom is 0.274 e. The van der Waals surface area contributed by atoms with Crippen LogP contribution in [0.1, 0.15) is 32.4 Å². The van der Waals surface area contributed by atoms with Crippen LogP contribution >= 0.6 is 0 Å². The largest absolute Gasteiger partial charge is 0.497 e. The SMILES string of the molecule is COc1cccc(C(NS(N)(=O)=O)C(C)(C)C)c1. The zero-order chi connectivity index (χ0) is 14.0. The molecule has 1 rings (SSSR count). The number of nitrogens with two attached hydrogens (primary N) is 1. The van der Waals surface area contributed by atoms with Gasteiger partial charge in [-0.25, -0.2) is 5.14 Å². The second-order valence-corrected chi connectivity index (χ2v) is 6.56. The summed E-state index contributed by atoms with van der Waals surface area (Å²) in [6.07, 6.45) is 0. The number of ether oxygens (including phenoxy) is 1. The van der Waals surface area contributed by atoms with Crippen molar-refractivity contribution in [2.75, 3.05) is 7.11 Å². The first-order valence-corrected chi connectivity index (χ1v) is 7.12. The summed E-state index contributed by atoms with van der Waals surface area (Å²) < 4.78 is 30.1. The Kier molecular flexibility index (Phi) is 4.37. The van der Waals surface area contributed by atoms with Gasteiger partial charge in [0, 0.05) is 0 Å². The van der Waals surface area contributed by atoms with Gasteiger partial charge in [-0.3, -0.25) is 0 Å². The number of benzene rings is 1. The van der Waals surface area contributed by atoms with Crippen molar-refractivity contribution in [2.24, 2.45) is 10.6 Å². The average Bonchev–Trinajstić information content (AvgIpc) is 2.23. The zero-order valence-corrected chi connectivity index (χ0v) is 11.9. The molecule has 0 saturated heterocycles. The summed E-state index contributed by atoms with van der Waals surface area (Å²) in [7, 11) is -2.20. The molecule has 18 heavy (non-hydrogen) atoms. The lowest BCUT2D eigenvalue weighted by atomic mass is 9.83. The van der Waals surface area contributed by atoms with E-state index >= 15 is 0 Å². The number of methoxy groups -OCH3 is 1. The molecule has 0 saturated carbocycles. The number of hydrogen-bond donors (Lipinski definition) is 2. The Labute approximate surface area is 109 Å². The van der Waals surface area contributed by atoms with Crippen LogP contribution in [0.5, 0.6) is 5.75 Å². The highest BCUT2D eigenvalue weighted by molar-refractivity contribution is 7.87. The van der Waals surface area contributed by atoms with Crippen molar-refractivity contribution in [3.63, 3.8) is 0 Å². The minimum Gasteiger partial charge on any atom is -0.497 e. The van der Waals surface area contributed by atoms with Gasteiger partial charge in [0.1, 0.15) is 5.75 Å². The number of hydrogen-bond acceptors (Lipinski definition) is 3. The second-order valence-electron chi connectivity index (χ2n) is 5.24. The molecule has 1 unspecified atom stereocenters. The van der Waals surface area contributed by atoms with E-state index in [1.807, 2.05) is 32.9 Å². The first kappa shape index (κ1) is 14.9. The fourth-order valence-corrected chi connectivity index (χ4v) is 2.55. The van der Waals surface area contributed by atoms with Gasteiger partial charge in [0.2, 0.25) is 0 Å². The highest BCUT2D eigenvalue weighted by atomic mass is 32.2. The summed E-state index contributed by atoms with van der Waals surface area (Å²) in [5.74, 6) is 0.679. The molecule has 0 bridgehead atoms. The number of rotatable bonds is 4. The molecule has 0 heterocycles. The van der Waals surface area contributed by atoms with Crippen molar-refractivity contribution in [3.8, 4) is 5.75 Å². The molecule has 1 atom stereocenters. The van der Waals surface area contributed by atoms with Gasteiger partial charge in [-0.05, 0) is 23.1 Å². The lowest BCUT2D eigenvalue weighted by molar-refractivity contribution is 0.303. The molecule has 0 aromatic heterocycles. The minimum atomic E-state index is -3.77. The van der Waals surface area contributed by atoms with Gasteiger partial charge in [-0.1, -0.05) is 32.9 Å². The van der Waals surface area contributed by atoms with E-state index in [4.69, 9.17) is 9.88 Å². The summed E-state index contributed by atoms with van der Waals surface area (Å²) in [6, 6.07) is 6.85. The maximum absolute atomic E-state index is 11.3. The smallest absolute Gasteiger partial charge is 0.274 e. The lowest BCUT2D eigenvalue weighted by Gasteiger charge is -2.31. The van der Waals surface area contributed by atoms with Gasteiger partial charge >= 0.3 is 0 Å². The quantitative estimate of drug-likeness (QED) is 0.873. The third kappa shape index (κ3) is 4.29. The summed E-state index contributed by atoms with van der Waals surface area (Å²) in [5.41, 5.74) is 0.509. The van der Waals surface area contributed by atoms with Crippen molar-refractivity contribution in [2.45, 2.75) is 26.8 Å². The van der Waals surface area contributed by atoms with Gasteiger partial charge in [-0.2, -0.15) is 13.1 Å². The monoisotopic (exact) mass is 272 g/mol. The van der Waals surface area contributed by atoms with Gasteiger partial charge in [-0.15, -0.1) is 0 Å². The Morgan fingerprint density at radius 3 is 2.39 bits per heavy atom. The molecule has 0 amide bonds. The fraction of sp³-hybridized carbons (Fsp3) is 0.500. The van der Waals surface area contributed by atoms with E-state index in [0.717, 1.165) is 5.56 Å². The molecule has 0 spiro atoms. The van der Waals surface area contributed by atoms with Crippen LogP contribution < -0.4 is 14.6 Å². The third-order valence-corrected chi connectivity index (χ3v) is 3.14. The van der Waals surface area contributed by atoms with Crippen LogP contribution in [0.2, 0.25) is 0 Å². The van der Waals surface area contributed by atoms with Gasteiger partial charge in [0.05, 0.1) is 13.2 Å². The molecule has 0 aliphatic rings. The topological polar surface area (TPSA) is 81.4 Å². The average molecular weight is 272 g/mol. The standard InChI is InChI=1S/C12H20N2O3S/c1-12(2,3)11(14-18(13,15)16)9-6-5-7-10(8-9)17-4/h5-8,11,14H,1-4H3,(H2,13,15,16). The Balaban J connectivity index is 3.18. The predicted octanol–water partition coefficient (Wildman–Crippen LogP) is 1.58. The Bertz CT molecular complexity index is 506. The fourth-order valence-electron chi connectivity index (χ4n) is 1.73. The molecule has 1 aromatic rings. The normalized spacial score (nSPS) is 14.3. The summed E-state index contributed by atoms with van der Waals surface area (Å²) >= 11 is 0. The molecule has 1 aromatic carbocycles.